The molecule has 3 nitrogen and oxygen atoms in total. The van der Waals surface area contributed by atoms with Crippen molar-refractivity contribution in [3.63, 3.8) is 0 Å². The lowest BCUT2D eigenvalue weighted by molar-refractivity contribution is 0.395. The Balaban J connectivity index is 2.52. The Kier molecular flexibility index (Phi) is 2.54. The van der Waals surface area contributed by atoms with E-state index in [1.165, 1.54) is 0 Å². The van der Waals surface area contributed by atoms with E-state index < -0.39 is 0 Å². The van der Waals surface area contributed by atoms with Gasteiger partial charge in [0.15, 0.2) is 0 Å². The average Bonchev–Trinajstić information content (AvgIpc) is 2.27. The summed E-state index contributed by atoms with van der Waals surface area (Å²) in [6.45, 7) is 2.10. The lowest BCUT2D eigenvalue weighted by atomic mass is 10.1. The number of hydrogen-bond acceptors (Lipinski definition) is 3. The van der Waals surface area contributed by atoms with Gasteiger partial charge in [0.05, 0.1) is 19.9 Å². The molecule has 1 N–H and O–H groups in total. The van der Waals surface area contributed by atoms with Gasteiger partial charge in [0.2, 0.25) is 0 Å². The molecule has 80 valence electrons. The van der Waals surface area contributed by atoms with Crippen LogP contribution in [0.4, 0.5) is 5.69 Å². The van der Waals surface area contributed by atoms with Crippen LogP contribution in [0.1, 0.15) is 12.5 Å². The summed E-state index contributed by atoms with van der Waals surface area (Å²) in [5, 5.41) is 3.36. The molecular weight excluding hydrogens is 190 g/mol. The van der Waals surface area contributed by atoms with E-state index in [0.717, 1.165) is 22.7 Å². The predicted octanol–water partition coefficient (Wildman–Crippen LogP) is 2.53. The van der Waals surface area contributed by atoms with Gasteiger partial charge < -0.3 is 14.8 Å². The van der Waals surface area contributed by atoms with Crippen LogP contribution in [-0.4, -0.2) is 20.3 Å². The van der Waals surface area contributed by atoms with E-state index in [4.69, 9.17) is 9.47 Å². The second-order valence-corrected chi connectivity index (χ2v) is 3.59. The summed E-state index contributed by atoms with van der Waals surface area (Å²) in [5.41, 5.74) is 2.14. The summed E-state index contributed by atoms with van der Waals surface area (Å²) in [7, 11) is 3.32. The zero-order chi connectivity index (χ0) is 10.8. The van der Waals surface area contributed by atoms with Gasteiger partial charge in [0, 0.05) is 17.7 Å². The van der Waals surface area contributed by atoms with Gasteiger partial charge in [0.25, 0.3) is 0 Å². The molecule has 1 aromatic rings. The number of fused-ring (bicyclic) bond motifs is 1. The summed E-state index contributed by atoms with van der Waals surface area (Å²) in [5.74, 6) is 1.63. The Hall–Kier alpha value is -1.64. The Labute approximate surface area is 89.7 Å². The van der Waals surface area contributed by atoms with Gasteiger partial charge >= 0.3 is 0 Å². The second kappa shape index (κ2) is 3.85. The van der Waals surface area contributed by atoms with Crippen LogP contribution in [0.3, 0.4) is 0 Å². The fourth-order valence-electron chi connectivity index (χ4n) is 1.70. The fraction of sp³-hybridized carbons (Fsp3) is 0.333. The molecule has 0 aliphatic carbocycles. The largest absolute Gasteiger partial charge is 0.497 e. The van der Waals surface area contributed by atoms with Crippen molar-refractivity contribution in [1.29, 1.82) is 0 Å². The van der Waals surface area contributed by atoms with Crippen molar-refractivity contribution in [3.8, 4) is 11.5 Å². The molecule has 0 saturated heterocycles. The molecule has 0 saturated carbocycles. The molecule has 0 aromatic heterocycles. The highest BCUT2D eigenvalue weighted by molar-refractivity contribution is 5.77. The highest BCUT2D eigenvalue weighted by Crippen LogP contribution is 2.36. The van der Waals surface area contributed by atoms with Crippen molar-refractivity contribution in [1.82, 2.24) is 0 Å². The SMILES string of the molecule is COc1cc2c(c(OC)c1)NC(C)C=C2. The maximum atomic E-state index is 5.33. The number of ether oxygens (including phenoxy) is 2. The van der Waals surface area contributed by atoms with Crippen molar-refractivity contribution in [3.05, 3.63) is 23.8 Å². The van der Waals surface area contributed by atoms with Crippen molar-refractivity contribution in [2.75, 3.05) is 19.5 Å². The Morgan fingerprint density at radius 2 is 2.00 bits per heavy atom. The number of rotatable bonds is 2. The van der Waals surface area contributed by atoms with Gasteiger partial charge in [-0.2, -0.15) is 0 Å². The van der Waals surface area contributed by atoms with Gasteiger partial charge in [0.1, 0.15) is 11.5 Å². The molecule has 1 aliphatic rings. The third-order valence-electron chi connectivity index (χ3n) is 2.50. The van der Waals surface area contributed by atoms with E-state index in [0.29, 0.717) is 6.04 Å². The van der Waals surface area contributed by atoms with Crippen molar-refractivity contribution in [2.24, 2.45) is 0 Å². The van der Waals surface area contributed by atoms with Crippen molar-refractivity contribution >= 4 is 11.8 Å². The van der Waals surface area contributed by atoms with Gasteiger partial charge in [-0.25, -0.2) is 0 Å². The minimum absolute atomic E-state index is 0.333. The smallest absolute Gasteiger partial charge is 0.146 e. The Morgan fingerprint density at radius 3 is 2.67 bits per heavy atom. The van der Waals surface area contributed by atoms with Crippen LogP contribution in [-0.2, 0) is 0 Å². The van der Waals surface area contributed by atoms with Crippen LogP contribution >= 0.6 is 0 Å². The number of anilines is 1. The molecule has 0 amide bonds. The fourth-order valence-corrected chi connectivity index (χ4v) is 1.70. The van der Waals surface area contributed by atoms with Crippen molar-refractivity contribution in [2.45, 2.75) is 13.0 Å². The summed E-state index contributed by atoms with van der Waals surface area (Å²) in [6, 6.07) is 4.21. The van der Waals surface area contributed by atoms with E-state index in [9.17, 15) is 0 Å². The summed E-state index contributed by atoms with van der Waals surface area (Å²) >= 11 is 0. The molecule has 1 aromatic carbocycles. The van der Waals surface area contributed by atoms with Crippen LogP contribution in [0.2, 0.25) is 0 Å². The number of nitrogens with one attached hydrogen (secondary N) is 1. The summed E-state index contributed by atoms with van der Waals surface area (Å²) in [4.78, 5) is 0. The normalized spacial score (nSPS) is 17.9. The minimum atomic E-state index is 0.333. The third kappa shape index (κ3) is 1.77. The molecular formula is C12H15NO2. The quantitative estimate of drug-likeness (QED) is 0.804. The Bertz CT molecular complexity index is 399. The molecule has 0 spiro atoms. The van der Waals surface area contributed by atoms with E-state index in [-0.39, 0.29) is 0 Å². The number of hydrogen-bond donors (Lipinski definition) is 1. The molecule has 2 rings (SSSR count). The molecule has 0 fully saturated rings. The number of methoxy groups -OCH3 is 2. The lowest BCUT2D eigenvalue weighted by Crippen LogP contribution is -2.16. The first-order valence-electron chi connectivity index (χ1n) is 4.95. The molecule has 0 bridgehead atoms. The average molecular weight is 205 g/mol. The topological polar surface area (TPSA) is 30.5 Å². The van der Waals surface area contributed by atoms with Crippen molar-refractivity contribution < 1.29 is 9.47 Å². The monoisotopic (exact) mass is 205 g/mol. The zero-order valence-electron chi connectivity index (χ0n) is 9.20. The van der Waals surface area contributed by atoms with Gasteiger partial charge in [-0.3, -0.25) is 0 Å². The summed E-state index contributed by atoms with van der Waals surface area (Å²) in [6.07, 6.45) is 4.20. The molecule has 3 heteroatoms. The maximum absolute atomic E-state index is 5.33. The highest BCUT2D eigenvalue weighted by atomic mass is 16.5. The van der Waals surface area contributed by atoms with E-state index >= 15 is 0 Å². The zero-order valence-corrected chi connectivity index (χ0v) is 9.20. The number of benzene rings is 1. The molecule has 1 heterocycles. The predicted molar refractivity (Wildman–Crippen MR) is 61.7 cm³/mol. The van der Waals surface area contributed by atoms with Gasteiger partial charge in [-0.05, 0) is 13.0 Å². The first kappa shape index (κ1) is 9.90. The van der Waals surface area contributed by atoms with Crippen LogP contribution in [0.15, 0.2) is 18.2 Å². The lowest BCUT2D eigenvalue weighted by Gasteiger charge is -2.22. The van der Waals surface area contributed by atoms with E-state index in [2.05, 4.69) is 24.4 Å². The molecule has 15 heavy (non-hydrogen) atoms. The Morgan fingerprint density at radius 1 is 1.20 bits per heavy atom. The summed E-state index contributed by atoms with van der Waals surface area (Å²) < 4.78 is 10.5. The van der Waals surface area contributed by atoms with Gasteiger partial charge in [-0.15, -0.1) is 0 Å². The molecule has 0 radical (unpaired) electrons. The van der Waals surface area contributed by atoms with Crippen LogP contribution in [0.5, 0.6) is 11.5 Å². The third-order valence-corrected chi connectivity index (χ3v) is 2.50. The first-order valence-corrected chi connectivity index (χ1v) is 4.95. The minimum Gasteiger partial charge on any atom is -0.497 e. The first-order chi connectivity index (χ1) is 7.24. The van der Waals surface area contributed by atoms with Crippen LogP contribution < -0.4 is 14.8 Å². The molecule has 1 aliphatic heterocycles. The van der Waals surface area contributed by atoms with Crippen LogP contribution in [0.25, 0.3) is 6.08 Å². The molecule has 1 atom stereocenters. The van der Waals surface area contributed by atoms with Gasteiger partial charge in [-0.1, -0.05) is 12.2 Å². The second-order valence-electron chi connectivity index (χ2n) is 3.59. The van der Waals surface area contributed by atoms with E-state index in [1.807, 2.05) is 12.1 Å². The standard InChI is InChI=1S/C12H15NO2/c1-8-4-5-9-6-10(14-2)7-11(15-3)12(9)13-8/h4-8,13H,1-3H3. The van der Waals surface area contributed by atoms with Crippen LogP contribution in [0, 0.1) is 0 Å². The molecule has 1 unspecified atom stereocenters. The maximum Gasteiger partial charge on any atom is 0.146 e. The van der Waals surface area contributed by atoms with E-state index in [1.54, 1.807) is 14.2 Å². The highest BCUT2D eigenvalue weighted by Gasteiger charge is 2.15.